The maximum Gasteiger partial charge on any atom is 0.191 e. The molecule has 0 fully saturated rings. The summed E-state index contributed by atoms with van der Waals surface area (Å²) < 4.78 is 2.05. The summed E-state index contributed by atoms with van der Waals surface area (Å²) in [5.74, 6) is 1.43. The number of thiophene rings is 1. The largest absolute Gasteiger partial charge is 0.357 e. The minimum Gasteiger partial charge on any atom is -0.357 e. The van der Waals surface area contributed by atoms with E-state index in [1.54, 1.807) is 6.20 Å². The summed E-state index contributed by atoms with van der Waals surface area (Å²) in [5.41, 5.74) is 0. The first-order valence-corrected chi connectivity index (χ1v) is 8.66. The predicted molar refractivity (Wildman–Crippen MR) is 109 cm³/mol. The molecule has 0 radical (unpaired) electrons. The maximum atomic E-state index is 4.69. The second-order valence-corrected chi connectivity index (χ2v) is 6.37. The van der Waals surface area contributed by atoms with E-state index in [4.69, 9.17) is 0 Å². The molecule has 0 amide bonds. The van der Waals surface area contributed by atoms with Gasteiger partial charge in [-0.2, -0.15) is 0 Å². The molecule has 1 unspecified atom stereocenters. The van der Waals surface area contributed by atoms with Gasteiger partial charge in [0.15, 0.2) is 5.96 Å². The van der Waals surface area contributed by atoms with Crippen LogP contribution >= 0.6 is 35.3 Å². The zero-order valence-electron chi connectivity index (χ0n) is 13.7. The fourth-order valence-corrected chi connectivity index (χ4v) is 3.02. The molecule has 0 aliphatic carbocycles. The summed E-state index contributed by atoms with van der Waals surface area (Å²) >= 11 is 1.82. The summed E-state index contributed by atoms with van der Waals surface area (Å²) in [6, 6.07) is 4.30. The van der Waals surface area contributed by atoms with Gasteiger partial charge in [-0.15, -0.1) is 35.3 Å². The minimum absolute atomic E-state index is 0. The number of halogens is 1. The lowest BCUT2D eigenvalue weighted by molar-refractivity contribution is 0.592. The molecule has 0 saturated carbocycles. The lowest BCUT2D eigenvalue weighted by Crippen LogP contribution is -2.39. The second-order valence-electron chi connectivity index (χ2n) is 5.34. The Hall–Kier alpha value is -1.09. The van der Waals surface area contributed by atoms with Gasteiger partial charge in [-0.05, 0) is 30.7 Å². The Morgan fingerprint density at radius 2 is 2.30 bits per heavy atom. The Balaban J connectivity index is 0.00000264. The van der Waals surface area contributed by atoms with Gasteiger partial charge in [0, 0.05) is 43.4 Å². The molecule has 23 heavy (non-hydrogen) atoms. The van der Waals surface area contributed by atoms with E-state index in [2.05, 4.69) is 56.5 Å². The highest BCUT2D eigenvalue weighted by Gasteiger charge is 2.05. The third-order valence-electron chi connectivity index (χ3n) is 3.26. The summed E-state index contributed by atoms with van der Waals surface area (Å²) in [5, 5.41) is 8.79. The molecule has 7 heteroatoms. The molecule has 0 aliphatic heterocycles. The number of nitrogens with zero attached hydrogens (tertiary/aromatic N) is 3. The van der Waals surface area contributed by atoms with Crippen LogP contribution in [0.25, 0.3) is 0 Å². The molecular formula is C16H26IN5S. The Kier molecular flexibility index (Phi) is 9.93. The van der Waals surface area contributed by atoms with Crippen molar-refractivity contribution in [2.24, 2.45) is 10.9 Å². The molecule has 1 atom stereocenters. The van der Waals surface area contributed by atoms with Crippen LogP contribution in [0.2, 0.25) is 0 Å². The van der Waals surface area contributed by atoms with Crippen LogP contribution in [0.15, 0.2) is 41.2 Å². The average molecular weight is 447 g/mol. The Morgan fingerprint density at radius 3 is 2.96 bits per heavy atom. The van der Waals surface area contributed by atoms with Crippen molar-refractivity contribution >= 4 is 41.3 Å². The van der Waals surface area contributed by atoms with Gasteiger partial charge < -0.3 is 15.2 Å². The summed E-state index contributed by atoms with van der Waals surface area (Å²) in [6.45, 7) is 7.76. The second kappa shape index (κ2) is 11.4. The molecule has 0 aromatic carbocycles. The molecule has 0 aliphatic rings. The molecule has 2 aromatic heterocycles. The highest BCUT2D eigenvalue weighted by atomic mass is 127. The van der Waals surface area contributed by atoms with Crippen molar-refractivity contribution in [1.29, 1.82) is 0 Å². The van der Waals surface area contributed by atoms with Gasteiger partial charge in [-0.1, -0.05) is 13.0 Å². The average Bonchev–Trinajstić information content (AvgIpc) is 3.18. The monoisotopic (exact) mass is 447 g/mol. The van der Waals surface area contributed by atoms with Crippen molar-refractivity contribution in [3.05, 3.63) is 41.1 Å². The molecular weight excluding hydrogens is 421 g/mol. The van der Waals surface area contributed by atoms with Gasteiger partial charge in [0.2, 0.25) is 0 Å². The smallest absolute Gasteiger partial charge is 0.191 e. The Bertz CT molecular complexity index is 539. The zero-order valence-corrected chi connectivity index (χ0v) is 16.9. The summed E-state index contributed by atoms with van der Waals surface area (Å²) in [6.07, 6.45) is 6.69. The van der Waals surface area contributed by atoms with Gasteiger partial charge in [-0.3, -0.25) is 4.99 Å². The van der Waals surface area contributed by atoms with Crippen molar-refractivity contribution in [2.75, 3.05) is 19.6 Å². The molecule has 2 rings (SSSR count). The van der Waals surface area contributed by atoms with Crippen molar-refractivity contribution in [3.8, 4) is 0 Å². The third kappa shape index (κ3) is 7.83. The predicted octanol–water partition coefficient (Wildman–Crippen LogP) is 3.00. The number of imidazole rings is 1. The SMILES string of the molecule is CCNC(=NCC(C)Cc1cccs1)NCCn1ccnc1.I. The Labute approximate surface area is 159 Å². The van der Waals surface area contributed by atoms with E-state index in [1.165, 1.54) is 4.88 Å². The number of aliphatic imine (C=N–C) groups is 1. The van der Waals surface area contributed by atoms with Gasteiger partial charge in [0.05, 0.1) is 6.33 Å². The van der Waals surface area contributed by atoms with Crippen LogP contribution in [0.4, 0.5) is 0 Å². The van der Waals surface area contributed by atoms with Gasteiger partial charge in [0.25, 0.3) is 0 Å². The van der Waals surface area contributed by atoms with Crippen molar-refractivity contribution < 1.29 is 0 Å². The third-order valence-corrected chi connectivity index (χ3v) is 4.16. The number of hydrogen-bond donors (Lipinski definition) is 2. The zero-order chi connectivity index (χ0) is 15.6. The van der Waals surface area contributed by atoms with Crippen LogP contribution in [0, 0.1) is 5.92 Å². The molecule has 0 spiro atoms. The molecule has 0 bridgehead atoms. The van der Waals surface area contributed by atoms with E-state index in [0.717, 1.165) is 38.6 Å². The maximum absolute atomic E-state index is 4.69. The van der Waals surface area contributed by atoms with Crippen LogP contribution in [0.1, 0.15) is 18.7 Å². The van der Waals surface area contributed by atoms with E-state index in [0.29, 0.717) is 5.92 Å². The molecule has 2 aromatic rings. The molecule has 0 saturated heterocycles. The summed E-state index contributed by atoms with van der Waals surface area (Å²) in [4.78, 5) is 10.2. The van der Waals surface area contributed by atoms with Crippen molar-refractivity contribution in [2.45, 2.75) is 26.8 Å². The van der Waals surface area contributed by atoms with Gasteiger partial charge in [-0.25, -0.2) is 4.98 Å². The first-order chi connectivity index (χ1) is 10.8. The van der Waals surface area contributed by atoms with E-state index in [-0.39, 0.29) is 24.0 Å². The van der Waals surface area contributed by atoms with E-state index in [9.17, 15) is 0 Å². The standard InChI is InChI=1S/C16H25N5S.HI/c1-3-18-16(19-7-9-21-8-6-17-13-21)20-12-14(2)11-15-5-4-10-22-15;/h4-6,8,10,13-14H,3,7,9,11-12H2,1-2H3,(H2,18,19,20);1H. The van der Waals surface area contributed by atoms with Gasteiger partial charge >= 0.3 is 0 Å². The molecule has 2 heterocycles. The fraction of sp³-hybridized carbons (Fsp3) is 0.500. The van der Waals surface area contributed by atoms with Gasteiger partial charge in [0.1, 0.15) is 0 Å². The van der Waals surface area contributed by atoms with Crippen molar-refractivity contribution in [3.63, 3.8) is 0 Å². The van der Waals surface area contributed by atoms with E-state index < -0.39 is 0 Å². The minimum atomic E-state index is 0. The lowest BCUT2D eigenvalue weighted by atomic mass is 10.1. The highest BCUT2D eigenvalue weighted by Crippen LogP contribution is 2.14. The van der Waals surface area contributed by atoms with Crippen LogP contribution < -0.4 is 10.6 Å². The highest BCUT2D eigenvalue weighted by molar-refractivity contribution is 14.0. The summed E-state index contributed by atoms with van der Waals surface area (Å²) in [7, 11) is 0. The lowest BCUT2D eigenvalue weighted by Gasteiger charge is -2.13. The van der Waals surface area contributed by atoms with Crippen molar-refractivity contribution in [1.82, 2.24) is 20.2 Å². The number of rotatable bonds is 8. The quantitative estimate of drug-likeness (QED) is 0.372. The first kappa shape index (κ1) is 20.0. The van der Waals surface area contributed by atoms with Crippen LogP contribution in [0.5, 0.6) is 0 Å². The first-order valence-electron chi connectivity index (χ1n) is 7.78. The number of guanidine groups is 1. The Morgan fingerprint density at radius 1 is 1.43 bits per heavy atom. The number of aromatic nitrogens is 2. The van der Waals surface area contributed by atoms with Crippen LogP contribution in [0.3, 0.4) is 0 Å². The normalized spacial score (nSPS) is 12.5. The topological polar surface area (TPSA) is 54.2 Å². The molecule has 2 N–H and O–H groups in total. The van der Waals surface area contributed by atoms with Crippen LogP contribution in [-0.2, 0) is 13.0 Å². The molecule has 128 valence electrons. The number of nitrogens with one attached hydrogen (secondary N) is 2. The van der Waals surface area contributed by atoms with E-state index >= 15 is 0 Å². The molecule has 5 nitrogen and oxygen atoms in total. The van der Waals surface area contributed by atoms with E-state index in [1.807, 2.05) is 23.9 Å². The number of hydrogen-bond acceptors (Lipinski definition) is 3. The fourth-order valence-electron chi connectivity index (χ4n) is 2.15. The van der Waals surface area contributed by atoms with Crippen LogP contribution in [-0.4, -0.2) is 35.1 Å².